The molecular weight excluding hydrogens is 454 g/mol. The van der Waals surface area contributed by atoms with Gasteiger partial charge in [0, 0.05) is 70.2 Å². The Kier molecular flexibility index (Phi) is 7.58. The molecule has 1 saturated heterocycles. The van der Waals surface area contributed by atoms with E-state index < -0.39 is 0 Å². The lowest BCUT2D eigenvalue weighted by atomic mass is 10.1. The first-order chi connectivity index (χ1) is 17.7. The summed E-state index contributed by atoms with van der Waals surface area (Å²) in [7, 11) is 0. The summed E-state index contributed by atoms with van der Waals surface area (Å²) < 4.78 is 5.24. The molecule has 0 unspecified atom stereocenters. The molecule has 184 valence electrons. The Morgan fingerprint density at radius 1 is 0.861 bits per heavy atom. The summed E-state index contributed by atoms with van der Waals surface area (Å²) in [6.07, 6.45) is 3.86. The molecule has 0 bridgehead atoms. The molecule has 0 saturated carbocycles. The van der Waals surface area contributed by atoms with Crippen LogP contribution in [0, 0.1) is 0 Å². The molecule has 2 aromatic carbocycles. The first-order valence-electron chi connectivity index (χ1n) is 12.2. The minimum absolute atomic E-state index is 0.0583. The molecule has 2 aromatic heterocycles. The van der Waals surface area contributed by atoms with Gasteiger partial charge in [0.05, 0.1) is 0 Å². The number of para-hydroxylation sites is 1. The van der Waals surface area contributed by atoms with E-state index in [1.165, 1.54) is 11.3 Å². The number of aryl methyl sites for hydroxylation is 1. The van der Waals surface area contributed by atoms with Gasteiger partial charge in [-0.15, -0.1) is 0 Å². The number of nitrogens with one attached hydrogen (secondary N) is 1. The van der Waals surface area contributed by atoms with E-state index in [4.69, 9.17) is 4.52 Å². The molecule has 1 aliphatic rings. The normalized spacial score (nSPS) is 14.1. The largest absolute Gasteiger partial charge is 0.369 e. The number of rotatable bonds is 9. The van der Waals surface area contributed by atoms with Crippen LogP contribution in [-0.4, -0.2) is 57.1 Å². The first kappa shape index (κ1) is 23.6. The van der Waals surface area contributed by atoms with Crippen molar-refractivity contribution < 1.29 is 9.32 Å². The van der Waals surface area contributed by atoms with Gasteiger partial charge < -0.3 is 14.7 Å². The van der Waals surface area contributed by atoms with Crippen molar-refractivity contribution in [2.45, 2.75) is 25.9 Å². The van der Waals surface area contributed by atoms with Crippen molar-refractivity contribution in [3.63, 3.8) is 0 Å². The van der Waals surface area contributed by atoms with E-state index in [2.05, 4.69) is 83.8 Å². The van der Waals surface area contributed by atoms with E-state index in [1.54, 1.807) is 18.5 Å². The topological polar surface area (TPSA) is 100 Å². The number of carbonyl (C=O) groups is 1. The highest BCUT2D eigenvalue weighted by atomic mass is 16.5. The van der Waals surface area contributed by atoms with Crippen molar-refractivity contribution in [3.8, 4) is 11.6 Å². The highest BCUT2D eigenvalue weighted by molar-refractivity contribution is 5.76. The first-order valence-corrected chi connectivity index (χ1v) is 12.2. The van der Waals surface area contributed by atoms with E-state index in [-0.39, 0.29) is 12.3 Å². The lowest BCUT2D eigenvalue weighted by Gasteiger charge is -2.36. The molecule has 1 aliphatic heterocycles. The number of benzene rings is 2. The minimum atomic E-state index is -0.0583. The molecule has 5 rings (SSSR count). The highest BCUT2D eigenvalue weighted by Crippen LogP contribution is 2.18. The van der Waals surface area contributed by atoms with Gasteiger partial charge in [-0.1, -0.05) is 47.6 Å². The predicted octanol–water partition coefficient (Wildman–Crippen LogP) is 3.10. The molecule has 9 nitrogen and oxygen atoms in total. The van der Waals surface area contributed by atoms with Gasteiger partial charge in [-0.25, -0.2) is 9.97 Å². The number of aromatic nitrogens is 4. The summed E-state index contributed by atoms with van der Waals surface area (Å²) in [4.78, 5) is 29.9. The Hall–Kier alpha value is -4.11. The van der Waals surface area contributed by atoms with Crippen molar-refractivity contribution in [3.05, 3.63) is 90.1 Å². The van der Waals surface area contributed by atoms with E-state index >= 15 is 0 Å². The summed E-state index contributed by atoms with van der Waals surface area (Å²) >= 11 is 0. The van der Waals surface area contributed by atoms with Gasteiger partial charge in [-0.2, -0.15) is 4.98 Å². The number of hydrogen-bond acceptors (Lipinski definition) is 8. The van der Waals surface area contributed by atoms with E-state index in [9.17, 15) is 4.79 Å². The Bertz CT molecular complexity index is 1260. The molecule has 0 atom stereocenters. The Morgan fingerprint density at radius 3 is 2.36 bits per heavy atom. The van der Waals surface area contributed by atoms with Crippen LogP contribution in [-0.2, 0) is 24.3 Å². The average molecular weight is 484 g/mol. The standard InChI is InChI=1S/C27H29N7O2/c35-24(11-12-25-31-27(32-36-25)26-28-13-6-14-29-26)30-19-21-7-4-5-8-22(21)20-33-15-17-34(18-16-33)23-9-2-1-3-10-23/h1-10,13-14H,11-12,15-20H2,(H,30,35). The van der Waals surface area contributed by atoms with Gasteiger partial charge in [0.1, 0.15) is 0 Å². The SMILES string of the molecule is O=C(CCc1nc(-c2ncccn2)no1)NCc1ccccc1CN1CCN(c2ccccc2)CC1. The van der Waals surface area contributed by atoms with Crippen LogP contribution >= 0.6 is 0 Å². The molecule has 36 heavy (non-hydrogen) atoms. The summed E-state index contributed by atoms with van der Waals surface area (Å²) in [5.74, 6) is 1.05. The second kappa shape index (κ2) is 11.5. The Morgan fingerprint density at radius 2 is 1.58 bits per heavy atom. The second-order valence-corrected chi connectivity index (χ2v) is 8.73. The van der Waals surface area contributed by atoms with Crippen LogP contribution in [0.15, 0.2) is 77.6 Å². The molecule has 0 radical (unpaired) electrons. The van der Waals surface area contributed by atoms with Crippen LogP contribution in [0.1, 0.15) is 23.4 Å². The number of hydrogen-bond donors (Lipinski definition) is 1. The molecule has 3 heterocycles. The van der Waals surface area contributed by atoms with Gasteiger partial charge in [0.25, 0.3) is 0 Å². The summed E-state index contributed by atoms with van der Waals surface area (Å²) in [6.45, 7) is 5.41. The van der Waals surface area contributed by atoms with Gasteiger partial charge in [-0.05, 0) is 29.3 Å². The molecule has 0 spiro atoms. The maximum Gasteiger partial charge on any atom is 0.240 e. The summed E-state index contributed by atoms with van der Waals surface area (Å²) in [5.41, 5.74) is 3.67. The van der Waals surface area contributed by atoms with Crippen LogP contribution in [0.25, 0.3) is 11.6 Å². The fourth-order valence-electron chi connectivity index (χ4n) is 4.29. The van der Waals surface area contributed by atoms with Gasteiger partial charge in [0.15, 0.2) is 0 Å². The number of piperazine rings is 1. The number of nitrogens with zero attached hydrogens (tertiary/aromatic N) is 6. The molecule has 9 heteroatoms. The average Bonchev–Trinajstić information content (AvgIpc) is 3.42. The second-order valence-electron chi connectivity index (χ2n) is 8.73. The monoisotopic (exact) mass is 483 g/mol. The third-order valence-corrected chi connectivity index (χ3v) is 6.28. The Labute approximate surface area is 210 Å². The fraction of sp³-hybridized carbons (Fsp3) is 0.296. The van der Waals surface area contributed by atoms with Crippen molar-refractivity contribution in [2.75, 3.05) is 31.1 Å². The van der Waals surface area contributed by atoms with Gasteiger partial charge in [0.2, 0.25) is 23.4 Å². The van der Waals surface area contributed by atoms with Gasteiger partial charge in [-0.3, -0.25) is 9.69 Å². The molecule has 1 amide bonds. The van der Waals surface area contributed by atoms with E-state index in [0.29, 0.717) is 30.5 Å². The molecule has 0 aliphatic carbocycles. The van der Waals surface area contributed by atoms with Crippen LogP contribution in [0.3, 0.4) is 0 Å². The number of carbonyl (C=O) groups excluding carboxylic acids is 1. The zero-order chi connectivity index (χ0) is 24.6. The fourth-order valence-corrected chi connectivity index (χ4v) is 4.29. The van der Waals surface area contributed by atoms with Crippen molar-refractivity contribution in [1.29, 1.82) is 0 Å². The summed E-state index contributed by atoms with van der Waals surface area (Å²) in [5, 5.41) is 6.93. The van der Waals surface area contributed by atoms with E-state index in [0.717, 1.165) is 38.3 Å². The maximum atomic E-state index is 12.5. The minimum Gasteiger partial charge on any atom is -0.369 e. The molecule has 1 fully saturated rings. The van der Waals surface area contributed by atoms with Crippen molar-refractivity contribution >= 4 is 11.6 Å². The zero-order valence-corrected chi connectivity index (χ0v) is 20.1. The number of amides is 1. The Balaban J connectivity index is 1.09. The van der Waals surface area contributed by atoms with Crippen LogP contribution in [0.2, 0.25) is 0 Å². The van der Waals surface area contributed by atoms with Gasteiger partial charge >= 0.3 is 0 Å². The van der Waals surface area contributed by atoms with Crippen LogP contribution in [0.5, 0.6) is 0 Å². The molecule has 4 aromatic rings. The third-order valence-electron chi connectivity index (χ3n) is 6.28. The third kappa shape index (κ3) is 6.11. The van der Waals surface area contributed by atoms with Crippen molar-refractivity contribution in [2.24, 2.45) is 0 Å². The highest BCUT2D eigenvalue weighted by Gasteiger charge is 2.18. The quantitative estimate of drug-likeness (QED) is 0.388. The smallest absolute Gasteiger partial charge is 0.240 e. The zero-order valence-electron chi connectivity index (χ0n) is 20.1. The maximum absolute atomic E-state index is 12.5. The van der Waals surface area contributed by atoms with Crippen LogP contribution in [0.4, 0.5) is 5.69 Å². The predicted molar refractivity (Wildman–Crippen MR) is 136 cm³/mol. The van der Waals surface area contributed by atoms with E-state index in [1.807, 2.05) is 6.07 Å². The lowest BCUT2D eigenvalue weighted by molar-refractivity contribution is -0.121. The molecular formula is C27H29N7O2. The van der Waals surface area contributed by atoms with Crippen LogP contribution < -0.4 is 10.2 Å². The van der Waals surface area contributed by atoms with Crippen molar-refractivity contribution in [1.82, 2.24) is 30.3 Å². The number of anilines is 1. The molecule has 1 N–H and O–H groups in total. The summed E-state index contributed by atoms with van der Waals surface area (Å²) in [6, 6.07) is 20.6. The lowest BCUT2D eigenvalue weighted by Crippen LogP contribution is -2.46.